The smallest absolute Gasteiger partial charge is 0.305 e. The van der Waals surface area contributed by atoms with E-state index in [0.29, 0.717) is 13.0 Å². The molecule has 0 aliphatic carbocycles. The van der Waals surface area contributed by atoms with Crippen LogP contribution in [0.2, 0.25) is 0 Å². The molecule has 0 aromatic heterocycles. The zero-order chi connectivity index (χ0) is 10.8. The van der Waals surface area contributed by atoms with Crippen molar-refractivity contribution >= 4 is 5.97 Å². The minimum Gasteiger partial charge on any atom is -0.466 e. The molecule has 0 aliphatic heterocycles. The molecule has 0 radical (unpaired) electrons. The lowest BCUT2D eigenvalue weighted by atomic mass is 10.1. The van der Waals surface area contributed by atoms with E-state index >= 15 is 0 Å². The van der Waals surface area contributed by atoms with E-state index in [-0.39, 0.29) is 12.1 Å². The van der Waals surface area contributed by atoms with Gasteiger partial charge in [0.1, 0.15) is 0 Å². The highest BCUT2D eigenvalue weighted by atomic mass is 16.5. The predicted octanol–water partition coefficient (Wildman–Crippen LogP) is 2.27. The van der Waals surface area contributed by atoms with Crippen molar-refractivity contribution in [3.05, 3.63) is 0 Å². The quantitative estimate of drug-likeness (QED) is 0.485. The number of unbranched alkanes of at least 4 members (excludes halogenated alkanes) is 3. The van der Waals surface area contributed by atoms with E-state index in [1.165, 1.54) is 0 Å². The van der Waals surface area contributed by atoms with Crippen molar-refractivity contribution in [1.29, 1.82) is 0 Å². The van der Waals surface area contributed by atoms with Crippen molar-refractivity contribution < 1.29 is 14.6 Å². The largest absolute Gasteiger partial charge is 0.466 e. The average Bonchev–Trinajstić information content (AvgIpc) is 2.11. The molecule has 0 heterocycles. The first-order chi connectivity index (χ1) is 6.66. The van der Waals surface area contributed by atoms with Crippen LogP contribution in [-0.2, 0) is 9.53 Å². The van der Waals surface area contributed by atoms with Gasteiger partial charge in [0.15, 0.2) is 0 Å². The molecule has 1 N–H and O–H groups in total. The molecule has 0 fully saturated rings. The summed E-state index contributed by atoms with van der Waals surface area (Å²) in [5, 5.41) is 8.99. The second-order valence-corrected chi connectivity index (χ2v) is 3.61. The van der Waals surface area contributed by atoms with Crippen LogP contribution in [0, 0.1) is 0 Å². The molecule has 0 aliphatic rings. The lowest BCUT2D eigenvalue weighted by Crippen LogP contribution is -2.03. The van der Waals surface area contributed by atoms with Gasteiger partial charge in [-0.3, -0.25) is 4.79 Å². The number of rotatable bonds is 8. The van der Waals surface area contributed by atoms with Crippen LogP contribution in [-0.4, -0.2) is 23.8 Å². The van der Waals surface area contributed by atoms with E-state index in [4.69, 9.17) is 9.84 Å². The number of aliphatic hydroxyl groups excluding tert-OH is 1. The normalized spacial score (nSPS) is 12.5. The van der Waals surface area contributed by atoms with Crippen LogP contribution in [0.5, 0.6) is 0 Å². The molecule has 0 rings (SSSR count). The molecule has 0 saturated heterocycles. The third kappa shape index (κ3) is 9.52. The molecule has 0 aromatic rings. The Morgan fingerprint density at radius 2 is 1.93 bits per heavy atom. The summed E-state index contributed by atoms with van der Waals surface area (Å²) in [5.74, 6) is -0.0944. The Balaban J connectivity index is 3.09. The van der Waals surface area contributed by atoms with Gasteiger partial charge in [-0.2, -0.15) is 0 Å². The van der Waals surface area contributed by atoms with Gasteiger partial charge < -0.3 is 9.84 Å². The highest BCUT2D eigenvalue weighted by Gasteiger charge is 2.01. The molecular formula is C11H22O3. The van der Waals surface area contributed by atoms with Crippen LogP contribution in [0.15, 0.2) is 0 Å². The average molecular weight is 202 g/mol. The maximum atomic E-state index is 10.9. The number of hydrogen-bond acceptors (Lipinski definition) is 3. The Morgan fingerprint density at radius 3 is 2.50 bits per heavy atom. The molecule has 1 unspecified atom stereocenters. The van der Waals surface area contributed by atoms with Crippen molar-refractivity contribution in [1.82, 2.24) is 0 Å². The van der Waals surface area contributed by atoms with Crippen LogP contribution in [0.1, 0.15) is 52.4 Å². The van der Waals surface area contributed by atoms with E-state index < -0.39 is 0 Å². The summed E-state index contributed by atoms with van der Waals surface area (Å²) in [6, 6.07) is 0. The summed E-state index contributed by atoms with van der Waals surface area (Å²) < 4.78 is 4.81. The molecule has 0 amide bonds. The van der Waals surface area contributed by atoms with Crippen molar-refractivity contribution in [2.75, 3.05) is 6.61 Å². The molecular weight excluding hydrogens is 180 g/mol. The number of carbonyl (C=O) groups excluding carboxylic acids is 1. The van der Waals surface area contributed by atoms with E-state index in [0.717, 1.165) is 32.1 Å². The van der Waals surface area contributed by atoms with Crippen molar-refractivity contribution in [3.8, 4) is 0 Å². The fraction of sp³-hybridized carbons (Fsp3) is 0.909. The summed E-state index contributed by atoms with van der Waals surface area (Å²) in [4.78, 5) is 10.9. The van der Waals surface area contributed by atoms with Crippen molar-refractivity contribution in [3.63, 3.8) is 0 Å². The minimum atomic E-state index is -0.194. The molecule has 0 bridgehead atoms. The number of ether oxygens (including phenoxy) is 1. The molecule has 0 aromatic carbocycles. The van der Waals surface area contributed by atoms with Gasteiger partial charge in [0.2, 0.25) is 0 Å². The second-order valence-electron chi connectivity index (χ2n) is 3.61. The first-order valence-electron chi connectivity index (χ1n) is 5.50. The third-order valence-electron chi connectivity index (χ3n) is 2.06. The van der Waals surface area contributed by atoms with Gasteiger partial charge in [0.05, 0.1) is 12.7 Å². The monoisotopic (exact) mass is 202 g/mol. The second kappa shape index (κ2) is 9.00. The fourth-order valence-corrected chi connectivity index (χ4v) is 1.30. The topological polar surface area (TPSA) is 46.5 Å². The first-order valence-corrected chi connectivity index (χ1v) is 5.50. The number of hydrogen-bond donors (Lipinski definition) is 1. The van der Waals surface area contributed by atoms with Crippen LogP contribution in [0.4, 0.5) is 0 Å². The van der Waals surface area contributed by atoms with Crippen molar-refractivity contribution in [2.24, 2.45) is 0 Å². The molecule has 14 heavy (non-hydrogen) atoms. The summed E-state index contributed by atoms with van der Waals surface area (Å²) in [6.07, 6.45) is 5.27. The minimum absolute atomic E-state index is 0.0944. The molecule has 3 nitrogen and oxygen atoms in total. The van der Waals surface area contributed by atoms with Crippen LogP contribution >= 0.6 is 0 Å². The molecule has 0 spiro atoms. The summed E-state index contributed by atoms with van der Waals surface area (Å²) in [7, 11) is 0. The van der Waals surface area contributed by atoms with E-state index in [2.05, 4.69) is 0 Å². The molecule has 84 valence electrons. The van der Waals surface area contributed by atoms with Crippen molar-refractivity contribution in [2.45, 2.75) is 58.5 Å². The predicted molar refractivity (Wildman–Crippen MR) is 56.0 cm³/mol. The van der Waals surface area contributed by atoms with Gasteiger partial charge in [-0.1, -0.05) is 19.3 Å². The maximum Gasteiger partial charge on any atom is 0.305 e. The van der Waals surface area contributed by atoms with Gasteiger partial charge in [0, 0.05) is 6.42 Å². The molecule has 0 saturated carbocycles. The summed E-state index contributed by atoms with van der Waals surface area (Å²) in [5.41, 5.74) is 0. The van der Waals surface area contributed by atoms with E-state index in [9.17, 15) is 4.79 Å². The van der Waals surface area contributed by atoms with Gasteiger partial charge in [-0.15, -0.1) is 0 Å². The Morgan fingerprint density at radius 1 is 1.29 bits per heavy atom. The highest BCUT2D eigenvalue weighted by molar-refractivity contribution is 5.69. The number of esters is 1. The Labute approximate surface area is 86.5 Å². The summed E-state index contributed by atoms with van der Waals surface area (Å²) >= 11 is 0. The Kier molecular flexibility index (Phi) is 8.64. The lowest BCUT2D eigenvalue weighted by molar-refractivity contribution is -0.143. The van der Waals surface area contributed by atoms with E-state index in [1.807, 2.05) is 6.92 Å². The number of aliphatic hydroxyl groups is 1. The fourth-order valence-electron chi connectivity index (χ4n) is 1.30. The lowest BCUT2D eigenvalue weighted by Gasteiger charge is -2.03. The highest BCUT2D eigenvalue weighted by Crippen LogP contribution is 2.07. The van der Waals surface area contributed by atoms with Gasteiger partial charge in [-0.25, -0.2) is 0 Å². The summed E-state index contributed by atoms with van der Waals surface area (Å²) in [6.45, 7) is 4.10. The van der Waals surface area contributed by atoms with Crippen LogP contribution in [0.3, 0.4) is 0 Å². The Bertz CT molecular complexity index is 143. The first kappa shape index (κ1) is 13.4. The van der Waals surface area contributed by atoms with Gasteiger partial charge >= 0.3 is 5.97 Å². The van der Waals surface area contributed by atoms with Gasteiger partial charge in [0.25, 0.3) is 0 Å². The zero-order valence-electron chi connectivity index (χ0n) is 9.29. The Hall–Kier alpha value is -0.570. The van der Waals surface area contributed by atoms with Crippen LogP contribution in [0.25, 0.3) is 0 Å². The van der Waals surface area contributed by atoms with Gasteiger partial charge in [-0.05, 0) is 26.7 Å². The standard InChI is InChI=1S/C11H22O3/c1-3-14-11(13)9-7-5-4-6-8-10(2)12/h10,12H,3-9H2,1-2H3. The number of carbonyl (C=O) groups is 1. The molecule has 1 atom stereocenters. The van der Waals surface area contributed by atoms with Crippen LogP contribution < -0.4 is 0 Å². The third-order valence-corrected chi connectivity index (χ3v) is 2.06. The maximum absolute atomic E-state index is 10.9. The van der Waals surface area contributed by atoms with E-state index in [1.54, 1.807) is 6.92 Å². The SMILES string of the molecule is CCOC(=O)CCCCCCC(C)O. The zero-order valence-corrected chi connectivity index (χ0v) is 9.29. The molecule has 3 heteroatoms.